The van der Waals surface area contributed by atoms with Crippen LogP contribution in [0, 0.1) is 0 Å². The molecule has 1 aromatic heterocycles. The number of anilines is 1. The Morgan fingerprint density at radius 1 is 1.33 bits per heavy atom. The maximum absolute atomic E-state index is 12.3. The van der Waals surface area contributed by atoms with Gasteiger partial charge in [0.05, 0.1) is 11.2 Å². The minimum Gasteiger partial charge on any atom is -0.324 e. The fraction of sp³-hybridized carbons (Fsp3) is 0.412. The van der Waals surface area contributed by atoms with Crippen molar-refractivity contribution in [2.75, 3.05) is 18.9 Å². The number of nitrogens with one attached hydrogen (secondary N) is 1. The van der Waals surface area contributed by atoms with Crippen molar-refractivity contribution < 1.29 is 4.79 Å². The average molecular weight is 283 g/mol. The zero-order valence-electron chi connectivity index (χ0n) is 12.4. The molecule has 1 atom stereocenters. The molecule has 1 aromatic carbocycles. The molecule has 1 N–H and O–H groups in total. The Bertz CT molecular complexity index is 635. The third-order valence-electron chi connectivity index (χ3n) is 4.25. The van der Waals surface area contributed by atoms with E-state index < -0.39 is 0 Å². The van der Waals surface area contributed by atoms with E-state index in [4.69, 9.17) is 0 Å². The van der Waals surface area contributed by atoms with Crippen LogP contribution in [0.1, 0.15) is 25.7 Å². The molecule has 0 radical (unpaired) electrons. The van der Waals surface area contributed by atoms with Gasteiger partial charge < -0.3 is 10.2 Å². The van der Waals surface area contributed by atoms with Crippen molar-refractivity contribution in [3.8, 4) is 0 Å². The molecule has 1 aliphatic heterocycles. The summed E-state index contributed by atoms with van der Waals surface area (Å²) < 4.78 is 0. The first-order valence-electron chi connectivity index (χ1n) is 7.58. The monoisotopic (exact) mass is 283 g/mol. The van der Waals surface area contributed by atoms with Crippen molar-refractivity contribution in [3.63, 3.8) is 0 Å². The first-order chi connectivity index (χ1) is 10.2. The number of hydrogen-bond donors (Lipinski definition) is 1. The molecule has 1 saturated heterocycles. The van der Waals surface area contributed by atoms with Crippen LogP contribution in [0.25, 0.3) is 10.9 Å². The van der Waals surface area contributed by atoms with Crippen LogP contribution in [-0.4, -0.2) is 35.4 Å². The highest BCUT2D eigenvalue weighted by molar-refractivity contribution is 6.00. The first-order valence-corrected chi connectivity index (χ1v) is 7.58. The third kappa shape index (κ3) is 3.22. The van der Waals surface area contributed by atoms with Gasteiger partial charge in [-0.3, -0.25) is 9.78 Å². The molecule has 0 bridgehead atoms. The molecule has 2 aromatic rings. The Labute approximate surface area is 125 Å². The van der Waals surface area contributed by atoms with E-state index in [0.717, 1.165) is 29.6 Å². The number of fused-ring (bicyclic) bond motifs is 1. The number of pyridine rings is 1. The molecule has 0 saturated carbocycles. The Morgan fingerprint density at radius 2 is 2.19 bits per heavy atom. The highest BCUT2D eigenvalue weighted by atomic mass is 16.1. The largest absolute Gasteiger partial charge is 0.324 e. The number of likely N-dealkylation sites (tertiary alicyclic amines) is 1. The number of piperidine rings is 1. The second-order valence-corrected chi connectivity index (χ2v) is 5.76. The van der Waals surface area contributed by atoms with Crippen molar-refractivity contribution in [3.05, 3.63) is 36.5 Å². The highest BCUT2D eigenvalue weighted by Crippen LogP contribution is 2.22. The van der Waals surface area contributed by atoms with Gasteiger partial charge in [0.1, 0.15) is 0 Å². The van der Waals surface area contributed by atoms with Crippen LogP contribution in [0.2, 0.25) is 0 Å². The number of rotatable bonds is 3. The lowest BCUT2D eigenvalue weighted by Crippen LogP contribution is -2.38. The second-order valence-electron chi connectivity index (χ2n) is 5.76. The zero-order valence-corrected chi connectivity index (χ0v) is 12.4. The summed E-state index contributed by atoms with van der Waals surface area (Å²) in [5.41, 5.74) is 1.65. The average Bonchev–Trinajstić information content (AvgIpc) is 2.50. The Kier molecular flexibility index (Phi) is 4.15. The summed E-state index contributed by atoms with van der Waals surface area (Å²) in [4.78, 5) is 19.0. The van der Waals surface area contributed by atoms with Gasteiger partial charge in [-0.15, -0.1) is 0 Å². The van der Waals surface area contributed by atoms with Gasteiger partial charge in [0.15, 0.2) is 0 Å². The quantitative estimate of drug-likeness (QED) is 0.941. The van der Waals surface area contributed by atoms with Crippen LogP contribution in [0.15, 0.2) is 36.5 Å². The summed E-state index contributed by atoms with van der Waals surface area (Å²) in [6.45, 7) is 1.09. The van der Waals surface area contributed by atoms with Crippen LogP contribution >= 0.6 is 0 Å². The molecule has 3 rings (SSSR count). The Morgan fingerprint density at radius 3 is 3.05 bits per heavy atom. The number of carbonyl (C=O) groups is 1. The summed E-state index contributed by atoms with van der Waals surface area (Å²) in [6, 6.07) is 10.1. The normalized spacial score (nSPS) is 19.6. The summed E-state index contributed by atoms with van der Waals surface area (Å²) in [7, 11) is 2.11. The van der Waals surface area contributed by atoms with Gasteiger partial charge in [-0.2, -0.15) is 0 Å². The smallest absolute Gasteiger partial charge is 0.226 e. The molecule has 1 unspecified atom stereocenters. The van der Waals surface area contributed by atoms with E-state index in [1.165, 1.54) is 12.8 Å². The van der Waals surface area contributed by atoms with Gasteiger partial charge in [0, 0.05) is 24.0 Å². The molecule has 1 aliphatic rings. The minimum atomic E-state index is 0.0758. The molecule has 110 valence electrons. The minimum absolute atomic E-state index is 0.0758. The Balaban J connectivity index is 1.71. The van der Waals surface area contributed by atoms with E-state index >= 15 is 0 Å². The van der Waals surface area contributed by atoms with E-state index in [1.807, 2.05) is 30.3 Å². The predicted molar refractivity (Wildman–Crippen MR) is 85.3 cm³/mol. The van der Waals surface area contributed by atoms with Crippen LogP contribution in [0.4, 0.5) is 5.69 Å². The third-order valence-corrected chi connectivity index (χ3v) is 4.25. The summed E-state index contributed by atoms with van der Waals surface area (Å²) in [6.07, 6.45) is 5.88. The molecule has 4 heteroatoms. The van der Waals surface area contributed by atoms with E-state index in [-0.39, 0.29) is 5.91 Å². The second kappa shape index (κ2) is 6.22. The van der Waals surface area contributed by atoms with Gasteiger partial charge in [0.2, 0.25) is 5.91 Å². The van der Waals surface area contributed by atoms with Crippen LogP contribution in [-0.2, 0) is 4.79 Å². The summed E-state index contributed by atoms with van der Waals surface area (Å²) in [5.74, 6) is 0.0758. The van der Waals surface area contributed by atoms with Gasteiger partial charge in [0.25, 0.3) is 0 Å². The standard InChI is InChI=1S/C17H21N3O/c1-20-11-3-2-8-14(20)12-16(21)19-15-9-4-6-13-7-5-10-18-17(13)15/h4-7,9-10,14H,2-3,8,11-12H2,1H3,(H,19,21). The maximum Gasteiger partial charge on any atom is 0.226 e. The SMILES string of the molecule is CN1CCCCC1CC(=O)Nc1cccc2cccnc12. The van der Waals surface area contributed by atoms with Crippen molar-refractivity contribution in [2.24, 2.45) is 0 Å². The number of amides is 1. The summed E-state index contributed by atoms with van der Waals surface area (Å²) >= 11 is 0. The molecule has 1 amide bonds. The van der Waals surface area contributed by atoms with Crippen molar-refractivity contribution in [1.82, 2.24) is 9.88 Å². The van der Waals surface area contributed by atoms with E-state index in [9.17, 15) is 4.79 Å². The fourth-order valence-corrected chi connectivity index (χ4v) is 3.02. The van der Waals surface area contributed by atoms with Crippen molar-refractivity contribution in [2.45, 2.75) is 31.7 Å². The van der Waals surface area contributed by atoms with Gasteiger partial charge in [-0.25, -0.2) is 0 Å². The number of para-hydroxylation sites is 1. The molecule has 0 aliphatic carbocycles. The molecular formula is C17H21N3O. The van der Waals surface area contributed by atoms with Crippen LogP contribution < -0.4 is 5.32 Å². The zero-order chi connectivity index (χ0) is 14.7. The van der Waals surface area contributed by atoms with E-state index in [0.29, 0.717) is 12.5 Å². The predicted octanol–water partition coefficient (Wildman–Crippen LogP) is 3.05. The number of carbonyl (C=O) groups excluding carboxylic acids is 1. The Hall–Kier alpha value is -1.94. The van der Waals surface area contributed by atoms with E-state index in [2.05, 4.69) is 22.2 Å². The first kappa shape index (κ1) is 14.0. The number of hydrogen-bond acceptors (Lipinski definition) is 3. The van der Waals surface area contributed by atoms with Crippen LogP contribution in [0.5, 0.6) is 0 Å². The van der Waals surface area contributed by atoms with Gasteiger partial charge >= 0.3 is 0 Å². The van der Waals surface area contributed by atoms with Crippen molar-refractivity contribution >= 4 is 22.5 Å². The van der Waals surface area contributed by atoms with Gasteiger partial charge in [-0.1, -0.05) is 24.6 Å². The number of aromatic nitrogens is 1. The lowest BCUT2D eigenvalue weighted by atomic mass is 10.00. The van der Waals surface area contributed by atoms with E-state index in [1.54, 1.807) is 6.20 Å². The number of benzene rings is 1. The fourth-order valence-electron chi connectivity index (χ4n) is 3.02. The summed E-state index contributed by atoms with van der Waals surface area (Å²) in [5, 5.41) is 4.07. The highest BCUT2D eigenvalue weighted by Gasteiger charge is 2.21. The molecule has 4 nitrogen and oxygen atoms in total. The maximum atomic E-state index is 12.3. The molecule has 2 heterocycles. The molecule has 0 spiro atoms. The van der Waals surface area contributed by atoms with Gasteiger partial charge in [-0.05, 0) is 38.6 Å². The van der Waals surface area contributed by atoms with Crippen LogP contribution in [0.3, 0.4) is 0 Å². The molecule has 21 heavy (non-hydrogen) atoms. The lowest BCUT2D eigenvalue weighted by Gasteiger charge is -2.31. The number of nitrogens with zero attached hydrogens (tertiary/aromatic N) is 2. The topological polar surface area (TPSA) is 45.2 Å². The molecular weight excluding hydrogens is 262 g/mol. The van der Waals surface area contributed by atoms with Crippen molar-refractivity contribution in [1.29, 1.82) is 0 Å². The molecule has 1 fully saturated rings. The lowest BCUT2D eigenvalue weighted by molar-refractivity contribution is -0.117.